The lowest BCUT2D eigenvalue weighted by atomic mass is 9.76. The summed E-state index contributed by atoms with van der Waals surface area (Å²) in [6.07, 6.45) is 5.20. The predicted molar refractivity (Wildman–Crippen MR) is 139 cm³/mol. The average Bonchev–Trinajstić information content (AvgIpc) is 3.09. The highest BCUT2D eigenvalue weighted by Crippen LogP contribution is 2.46. The molecule has 1 fully saturated rings. The molecule has 3 atom stereocenters. The molecule has 2 aromatic rings. The van der Waals surface area contributed by atoms with Gasteiger partial charge in [-0.3, -0.25) is 4.79 Å². The number of rotatable bonds is 8. The van der Waals surface area contributed by atoms with Crippen LogP contribution in [0.5, 0.6) is 0 Å². The molecule has 3 rings (SSSR count). The van der Waals surface area contributed by atoms with Gasteiger partial charge in [-0.25, -0.2) is 4.39 Å². The molecule has 34 heavy (non-hydrogen) atoms. The lowest BCUT2D eigenvalue weighted by molar-refractivity contribution is -0.117. The topological polar surface area (TPSA) is 60.8 Å². The Morgan fingerprint density at radius 1 is 1.18 bits per heavy atom. The highest BCUT2D eigenvalue weighted by atomic mass is 19.1. The van der Waals surface area contributed by atoms with E-state index in [1.54, 1.807) is 13.0 Å². The van der Waals surface area contributed by atoms with Crippen LogP contribution in [0.15, 0.2) is 79.4 Å². The lowest BCUT2D eigenvalue weighted by Crippen LogP contribution is -2.50. The molecule has 186 valence electrons. The number of hydrogen-bond donors (Lipinski definition) is 2. The fourth-order valence-electron chi connectivity index (χ4n) is 4.51. The number of nitrogens with zero attached hydrogens (tertiary/aromatic N) is 1. The van der Waals surface area contributed by atoms with E-state index in [2.05, 4.69) is 13.2 Å². The van der Waals surface area contributed by atoms with Crippen molar-refractivity contribution in [3.8, 4) is 0 Å². The molecule has 1 saturated heterocycles. The average molecular weight is 470 g/mol. The van der Waals surface area contributed by atoms with E-state index < -0.39 is 11.6 Å². The molecular weight excluding hydrogens is 429 g/mol. The van der Waals surface area contributed by atoms with Gasteiger partial charge in [-0.15, -0.1) is 6.58 Å². The Bertz CT molecular complexity index is 895. The molecule has 0 spiro atoms. The highest BCUT2D eigenvalue weighted by molar-refractivity contribution is 5.98. The molecule has 0 aromatic heterocycles. The van der Waals surface area contributed by atoms with Crippen LogP contribution in [0.2, 0.25) is 0 Å². The number of amides is 1. The number of benzene rings is 2. The normalized spacial score (nSPS) is 19.9. The van der Waals surface area contributed by atoms with Gasteiger partial charge in [-0.1, -0.05) is 49.4 Å². The zero-order chi connectivity index (χ0) is 25.7. The number of hydrogen-bond acceptors (Lipinski definition) is 3. The fourth-order valence-corrected chi connectivity index (χ4v) is 4.51. The van der Waals surface area contributed by atoms with Crippen molar-refractivity contribution in [3.63, 3.8) is 0 Å². The number of carbonyl (C=O) groups is 1. The Balaban J connectivity index is 0.00000107. The number of allylic oxidation sites excluding steroid dienone is 1. The minimum atomic E-state index is -0.696. The van der Waals surface area contributed by atoms with Gasteiger partial charge in [0.25, 0.3) is 0 Å². The Hall–Kier alpha value is -2.76. The summed E-state index contributed by atoms with van der Waals surface area (Å²) >= 11 is 0. The molecular formula is C29H40FNO3. The number of halogens is 1. The zero-order valence-electron chi connectivity index (χ0n) is 21.0. The summed E-state index contributed by atoms with van der Waals surface area (Å²) in [7, 11) is 1.00. The molecule has 0 aliphatic carbocycles. The first kappa shape index (κ1) is 29.3. The standard InChI is InChI=1S/C25H30FNO2.C3H6.CH4O/c1-18(19(2)28)25(3)21(10-8-7-9-20-13-15-22(26)16-14-20)17-24(29)27(25)23-11-5-4-6-12-23;1-3-2;1-2/h4-6,11-16,19,21,28H,1,7-10,17H2,2-3H3;3H,1H2,2H3;2H,1H3. The largest absolute Gasteiger partial charge is 0.400 e. The van der Waals surface area contributed by atoms with Crippen molar-refractivity contribution in [2.24, 2.45) is 5.92 Å². The van der Waals surface area contributed by atoms with E-state index in [4.69, 9.17) is 5.11 Å². The molecule has 0 radical (unpaired) electrons. The van der Waals surface area contributed by atoms with Crippen LogP contribution in [0.25, 0.3) is 0 Å². The van der Waals surface area contributed by atoms with Crippen molar-refractivity contribution in [2.45, 2.75) is 64.5 Å². The van der Waals surface area contributed by atoms with Crippen molar-refractivity contribution in [1.29, 1.82) is 0 Å². The maximum absolute atomic E-state index is 13.1. The summed E-state index contributed by atoms with van der Waals surface area (Å²) in [6.45, 7) is 13.2. The minimum absolute atomic E-state index is 0.0732. The molecule has 5 heteroatoms. The summed E-state index contributed by atoms with van der Waals surface area (Å²) in [4.78, 5) is 14.8. The molecule has 0 saturated carbocycles. The summed E-state index contributed by atoms with van der Waals surface area (Å²) in [5.41, 5.74) is 2.02. The highest BCUT2D eigenvalue weighted by Gasteiger charge is 2.52. The summed E-state index contributed by atoms with van der Waals surface area (Å²) in [5, 5.41) is 17.3. The molecule has 4 nitrogen and oxygen atoms in total. The van der Waals surface area contributed by atoms with Gasteiger partial charge in [-0.05, 0) is 81.4 Å². The third-order valence-corrected chi connectivity index (χ3v) is 6.28. The summed E-state index contributed by atoms with van der Waals surface area (Å²) in [5.74, 6) is -0.0545. The first-order chi connectivity index (χ1) is 16.2. The van der Waals surface area contributed by atoms with Gasteiger partial charge >= 0.3 is 0 Å². The van der Waals surface area contributed by atoms with Crippen LogP contribution >= 0.6 is 0 Å². The van der Waals surface area contributed by atoms with Gasteiger partial charge < -0.3 is 15.1 Å². The number of aliphatic hydroxyl groups excluding tert-OH is 2. The first-order valence-corrected chi connectivity index (χ1v) is 11.8. The van der Waals surface area contributed by atoms with E-state index in [0.29, 0.717) is 12.0 Å². The molecule has 1 aliphatic heterocycles. The van der Waals surface area contributed by atoms with Crippen LogP contribution in [0, 0.1) is 11.7 Å². The first-order valence-electron chi connectivity index (χ1n) is 11.8. The van der Waals surface area contributed by atoms with Crippen molar-refractivity contribution in [1.82, 2.24) is 0 Å². The maximum atomic E-state index is 13.1. The second-order valence-electron chi connectivity index (χ2n) is 8.59. The van der Waals surface area contributed by atoms with Gasteiger partial charge in [0.1, 0.15) is 5.82 Å². The van der Waals surface area contributed by atoms with Crippen LogP contribution in [-0.4, -0.2) is 34.9 Å². The zero-order valence-corrected chi connectivity index (χ0v) is 21.0. The molecule has 2 N–H and O–H groups in total. The Morgan fingerprint density at radius 2 is 1.74 bits per heavy atom. The number of anilines is 1. The van der Waals surface area contributed by atoms with Crippen LogP contribution < -0.4 is 4.90 Å². The third-order valence-electron chi connectivity index (χ3n) is 6.28. The van der Waals surface area contributed by atoms with E-state index in [1.165, 1.54) is 12.1 Å². The van der Waals surface area contributed by atoms with E-state index in [-0.39, 0.29) is 17.6 Å². The van der Waals surface area contributed by atoms with Gasteiger partial charge in [0, 0.05) is 19.2 Å². The smallest absolute Gasteiger partial charge is 0.228 e. The SMILES string of the molecule is C=C(C(C)O)C1(C)C(CCCCc2ccc(F)cc2)CC(=O)N1c1ccccc1.C=CC.CO. The van der Waals surface area contributed by atoms with Crippen LogP contribution in [0.1, 0.15) is 52.0 Å². The number of aliphatic hydroxyl groups is 2. The van der Waals surface area contributed by atoms with Gasteiger partial charge in [0.05, 0.1) is 11.6 Å². The van der Waals surface area contributed by atoms with Gasteiger partial charge in [0.15, 0.2) is 0 Å². The van der Waals surface area contributed by atoms with Gasteiger partial charge in [-0.2, -0.15) is 0 Å². The van der Waals surface area contributed by atoms with Crippen LogP contribution in [0.3, 0.4) is 0 Å². The van der Waals surface area contributed by atoms with E-state index in [9.17, 15) is 14.3 Å². The van der Waals surface area contributed by atoms with Crippen molar-refractivity contribution in [3.05, 3.63) is 90.8 Å². The van der Waals surface area contributed by atoms with Crippen LogP contribution in [-0.2, 0) is 11.2 Å². The van der Waals surface area contributed by atoms with Crippen molar-refractivity contribution < 1.29 is 19.4 Å². The number of carbonyl (C=O) groups excluding carboxylic acids is 1. The lowest BCUT2D eigenvalue weighted by Gasteiger charge is -2.42. The molecule has 2 aromatic carbocycles. The number of unbranched alkanes of at least 4 members (excludes halogenated alkanes) is 1. The van der Waals surface area contributed by atoms with E-state index in [1.807, 2.05) is 61.2 Å². The quantitative estimate of drug-likeness (QED) is 0.363. The molecule has 1 aliphatic rings. The maximum Gasteiger partial charge on any atom is 0.228 e. The van der Waals surface area contributed by atoms with Crippen molar-refractivity contribution >= 4 is 11.6 Å². The fraction of sp³-hybridized carbons (Fsp3) is 0.414. The van der Waals surface area contributed by atoms with E-state index >= 15 is 0 Å². The van der Waals surface area contributed by atoms with Crippen LogP contribution in [0.4, 0.5) is 10.1 Å². The van der Waals surface area contributed by atoms with Crippen molar-refractivity contribution in [2.75, 3.05) is 12.0 Å². The second kappa shape index (κ2) is 14.5. The summed E-state index contributed by atoms with van der Waals surface area (Å²) < 4.78 is 13.1. The monoisotopic (exact) mass is 469 g/mol. The molecule has 1 heterocycles. The van der Waals surface area contributed by atoms with E-state index in [0.717, 1.165) is 44.0 Å². The molecule has 3 unspecified atom stereocenters. The number of aryl methyl sites for hydroxylation is 1. The second-order valence-corrected chi connectivity index (χ2v) is 8.59. The third kappa shape index (κ3) is 7.37. The van der Waals surface area contributed by atoms with Gasteiger partial charge in [0.2, 0.25) is 5.91 Å². The Labute approximate surface area is 204 Å². The minimum Gasteiger partial charge on any atom is -0.400 e. The molecule has 0 bridgehead atoms. The Kier molecular flexibility index (Phi) is 12.5. The predicted octanol–water partition coefficient (Wildman–Crippen LogP) is 6.09. The molecule has 1 amide bonds. The number of para-hydroxylation sites is 1. The summed E-state index contributed by atoms with van der Waals surface area (Å²) in [6, 6.07) is 16.3. The Morgan fingerprint density at radius 3 is 2.26 bits per heavy atom.